The molecule has 76 valence electrons. The van der Waals surface area contributed by atoms with Gasteiger partial charge in [0.1, 0.15) is 0 Å². The van der Waals surface area contributed by atoms with Crippen molar-refractivity contribution in [1.82, 2.24) is 10.2 Å². The number of nitrogens with zero attached hydrogens (tertiary/aromatic N) is 3. The molecule has 2 rings (SSSR count). The molecule has 1 aliphatic heterocycles. The number of hydrogen-bond donors (Lipinski definition) is 1. The minimum atomic E-state index is 0.433. The molecule has 4 heteroatoms. The summed E-state index contributed by atoms with van der Waals surface area (Å²) >= 11 is 0. The van der Waals surface area contributed by atoms with Crippen LogP contribution in [0.1, 0.15) is 25.5 Å². The van der Waals surface area contributed by atoms with Crippen LogP contribution in [0, 0.1) is 0 Å². The highest BCUT2D eigenvalue weighted by Crippen LogP contribution is 2.27. The Balaban J connectivity index is 2.41. The standard InChI is InChI=1S/C10H16N4/c1-7(2)8-6-9-10(13-12-8)11-4-5-14(9)3/h6-7H,4-5H2,1-3H3,(H,11,13). The van der Waals surface area contributed by atoms with E-state index in [0.29, 0.717) is 5.92 Å². The minimum Gasteiger partial charge on any atom is -0.370 e. The lowest BCUT2D eigenvalue weighted by atomic mass is 10.1. The fraction of sp³-hybridized carbons (Fsp3) is 0.600. The van der Waals surface area contributed by atoms with Crippen molar-refractivity contribution in [2.45, 2.75) is 19.8 Å². The highest BCUT2D eigenvalue weighted by atomic mass is 15.3. The third-order valence-electron chi connectivity index (χ3n) is 2.54. The molecule has 14 heavy (non-hydrogen) atoms. The summed E-state index contributed by atoms with van der Waals surface area (Å²) in [6.45, 7) is 6.23. The first kappa shape index (κ1) is 9.24. The number of aromatic nitrogens is 2. The van der Waals surface area contributed by atoms with Crippen molar-refractivity contribution >= 4 is 11.5 Å². The Morgan fingerprint density at radius 3 is 2.93 bits per heavy atom. The zero-order chi connectivity index (χ0) is 10.1. The van der Waals surface area contributed by atoms with Crippen molar-refractivity contribution in [3.05, 3.63) is 11.8 Å². The maximum atomic E-state index is 4.19. The number of anilines is 2. The number of nitrogens with one attached hydrogen (secondary N) is 1. The van der Waals surface area contributed by atoms with Crippen molar-refractivity contribution in [3.63, 3.8) is 0 Å². The van der Waals surface area contributed by atoms with Gasteiger partial charge in [-0.1, -0.05) is 13.8 Å². The average molecular weight is 192 g/mol. The normalized spacial score (nSPS) is 15.3. The molecular formula is C10H16N4. The van der Waals surface area contributed by atoms with Crippen LogP contribution in [0.3, 0.4) is 0 Å². The Hall–Kier alpha value is -1.32. The molecule has 0 radical (unpaired) electrons. The molecule has 0 fully saturated rings. The molecule has 2 heterocycles. The van der Waals surface area contributed by atoms with Gasteiger partial charge in [-0.25, -0.2) is 0 Å². The second-order valence-electron chi connectivity index (χ2n) is 4.01. The van der Waals surface area contributed by atoms with Crippen molar-refractivity contribution in [1.29, 1.82) is 0 Å². The highest BCUT2D eigenvalue weighted by Gasteiger charge is 2.16. The van der Waals surface area contributed by atoms with E-state index in [2.05, 4.69) is 47.4 Å². The quantitative estimate of drug-likeness (QED) is 0.731. The van der Waals surface area contributed by atoms with Crippen LogP contribution >= 0.6 is 0 Å². The lowest BCUT2D eigenvalue weighted by molar-refractivity contribution is 0.769. The van der Waals surface area contributed by atoms with Crippen molar-refractivity contribution in [2.24, 2.45) is 0 Å². The topological polar surface area (TPSA) is 41.1 Å². The second kappa shape index (κ2) is 3.44. The molecule has 0 unspecified atom stereocenters. The lowest BCUT2D eigenvalue weighted by Crippen LogP contribution is -2.31. The largest absolute Gasteiger partial charge is 0.370 e. The third-order valence-corrected chi connectivity index (χ3v) is 2.54. The van der Waals surface area contributed by atoms with E-state index >= 15 is 0 Å². The highest BCUT2D eigenvalue weighted by molar-refractivity contribution is 5.67. The third kappa shape index (κ3) is 1.52. The van der Waals surface area contributed by atoms with Gasteiger partial charge < -0.3 is 10.2 Å². The van der Waals surface area contributed by atoms with Crippen molar-refractivity contribution in [2.75, 3.05) is 30.4 Å². The Morgan fingerprint density at radius 2 is 2.21 bits per heavy atom. The lowest BCUT2D eigenvalue weighted by Gasteiger charge is -2.27. The fourth-order valence-electron chi connectivity index (χ4n) is 1.56. The predicted octanol–water partition coefficient (Wildman–Crippen LogP) is 1.46. The summed E-state index contributed by atoms with van der Waals surface area (Å²) in [6.07, 6.45) is 0. The van der Waals surface area contributed by atoms with E-state index in [1.165, 1.54) is 0 Å². The SMILES string of the molecule is CC(C)c1cc2c(nn1)NCCN2C. The number of rotatable bonds is 1. The number of fused-ring (bicyclic) bond motifs is 1. The van der Waals surface area contributed by atoms with E-state index in [9.17, 15) is 0 Å². The molecule has 0 atom stereocenters. The molecule has 0 bridgehead atoms. The van der Waals surface area contributed by atoms with Gasteiger partial charge in [0.15, 0.2) is 5.82 Å². The van der Waals surface area contributed by atoms with Gasteiger partial charge in [-0.3, -0.25) is 0 Å². The summed E-state index contributed by atoms with van der Waals surface area (Å²) in [5, 5.41) is 11.6. The molecule has 0 aliphatic carbocycles. The molecule has 0 spiro atoms. The summed E-state index contributed by atoms with van der Waals surface area (Å²) < 4.78 is 0. The molecular weight excluding hydrogens is 176 g/mol. The zero-order valence-corrected chi connectivity index (χ0v) is 8.91. The van der Waals surface area contributed by atoms with Gasteiger partial charge in [-0.15, -0.1) is 5.10 Å². The van der Waals surface area contributed by atoms with Crippen LogP contribution in [0.15, 0.2) is 6.07 Å². The van der Waals surface area contributed by atoms with Crippen LogP contribution in [0.4, 0.5) is 11.5 Å². The van der Waals surface area contributed by atoms with Gasteiger partial charge in [0.25, 0.3) is 0 Å². The Bertz CT molecular complexity index is 335. The molecule has 1 aliphatic rings. The summed E-state index contributed by atoms with van der Waals surface area (Å²) in [6, 6.07) is 2.12. The molecule has 0 saturated heterocycles. The van der Waals surface area contributed by atoms with Gasteiger partial charge in [0.05, 0.1) is 11.4 Å². The van der Waals surface area contributed by atoms with Crippen LogP contribution < -0.4 is 10.2 Å². The Labute approximate surface area is 84.3 Å². The van der Waals surface area contributed by atoms with E-state index in [-0.39, 0.29) is 0 Å². The van der Waals surface area contributed by atoms with Crippen LogP contribution in [0.5, 0.6) is 0 Å². The molecule has 4 nitrogen and oxygen atoms in total. The monoisotopic (exact) mass is 192 g/mol. The number of likely N-dealkylation sites (N-methyl/N-ethyl adjacent to an activating group) is 1. The fourth-order valence-corrected chi connectivity index (χ4v) is 1.56. The van der Waals surface area contributed by atoms with Crippen LogP contribution in [0.25, 0.3) is 0 Å². The van der Waals surface area contributed by atoms with Crippen LogP contribution in [-0.2, 0) is 0 Å². The van der Waals surface area contributed by atoms with E-state index in [4.69, 9.17) is 0 Å². The first-order valence-corrected chi connectivity index (χ1v) is 5.01. The maximum Gasteiger partial charge on any atom is 0.172 e. The van der Waals surface area contributed by atoms with E-state index in [1.54, 1.807) is 0 Å². The Kier molecular flexibility index (Phi) is 2.27. The molecule has 0 saturated carbocycles. The predicted molar refractivity (Wildman–Crippen MR) is 57.9 cm³/mol. The van der Waals surface area contributed by atoms with Gasteiger partial charge in [0, 0.05) is 20.1 Å². The number of hydrogen-bond acceptors (Lipinski definition) is 4. The minimum absolute atomic E-state index is 0.433. The van der Waals surface area contributed by atoms with Gasteiger partial charge in [-0.2, -0.15) is 5.10 Å². The van der Waals surface area contributed by atoms with Gasteiger partial charge in [0.2, 0.25) is 0 Å². The maximum absolute atomic E-state index is 4.19. The average Bonchev–Trinajstić information content (AvgIpc) is 2.18. The van der Waals surface area contributed by atoms with Gasteiger partial charge in [-0.05, 0) is 12.0 Å². The molecule has 1 aromatic rings. The first-order valence-electron chi connectivity index (χ1n) is 5.01. The van der Waals surface area contributed by atoms with Crippen LogP contribution in [-0.4, -0.2) is 30.3 Å². The summed E-state index contributed by atoms with van der Waals surface area (Å²) in [5.41, 5.74) is 2.22. The van der Waals surface area contributed by atoms with E-state index in [0.717, 1.165) is 30.3 Å². The molecule has 0 aromatic carbocycles. The summed E-state index contributed by atoms with van der Waals surface area (Å²) in [7, 11) is 2.09. The summed E-state index contributed by atoms with van der Waals surface area (Å²) in [5.74, 6) is 1.34. The van der Waals surface area contributed by atoms with Gasteiger partial charge >= 0.3 is 0 Å². The smallest absolute Gasteiger partial charge is 0.172 e. The zero-order valence-electron chi connectivity index (χ0n) is 8.91. The van der Waals surface area contributed by atoms with Crippen molar-refractivity contribution < 1.29 is 0 Å². The van der Waals surface area contributed by atoms with E-state index in [1.807, 2.05) is 0 Å². The molecule has 0 amide bonds. The second-order valence-corrected chi connectivity index (χ2v) is 4.01. The van der Waals surface area contributed by atoms with E-state index < -0.39 is 0 Å². The molecule has 1 N–H and O–H groups in total. The van der Waals surface area contributed by atoms with Crippen LogP contribution in [0.2, 0.25) is 0 Å². The summed E-state index contributed by atoms with van der Waals surface area (Å²) in [4.78, 5) is 2.21. The Morgan fingerprint density at radius 1 is 1.43 bits per heavy atom. The van der Waals surface area contributed by atoms with Crippen molar-refractivity contribution in [3.8, 4) is 0 Å². The first-order chi connectivity index (χ1) is 6.68. The molecule has 1 aromatic heterocycles.